The van der Waals surface area contributed by atoms with Crippen molar-refractivity contribution in [1.82, 2.24) is 9.97 Å². The second-order valence-electron chi connectivity index (χ2n) is 6.34. The Hall–Kier alpha value is -3.22. The van der Waals surface area contributed by atoms with Crippen LogP contribution in [0.4, 0.5) is 0 Å². The van der Waals surface area contributed by atoms with E-state index in [1.165, 1.54) is 6.08 Å². The lowest BCUT2D eigenvalue weighted by atomic mass is 9.94. The lowest BCUT2D eigenvalue weighted by molar-refractivity contribution is -0.137. The van der Waals surface area contributed by atoms with Gasteiger partial charge < -0.3 is 9.72 Å². The zero-order chi connectivity index (χ0) is 20.1. The molecule has 2 rings (SSSR count). The molecule has 0 aliphatic heterocycles. The van der Waals surface area contributed by atoms with E-state index in [-0.39, 0.29) is 17.2 Å². The van der Waals surface area contributed by atoms with Crippen molar-refractivity contribution in [2.75, 3.05) is 6.61 Å². The van der Waals surface area contributed by atoms with Crippen LogP contribution in [0.5, 0.6) is 0 Å². The molecule has 0 saturated carbocycles. The van der Waals surface area contributed by atoms with Gasteiger partial charge in [0, 0.05) is 17.2 Å². The number of rotatable bonds is 6. The molecule has 0 radical (unpaired) electrons. The highest BCUT2D eigenvalue weighted by molar-refractivity contribution is 6.09. The molecule has 7 heteroatoms. The van der Waals surface area contributed by atoms with Crippen LogP contribution in [-0.2, 0) is 9.53 Å². The van der Waals surface area contributed by atoms with Crippen LogP contribution in [-0.4, -0.2) is 28.3 Å². The fourth-order valence-electron chi connectivity index (χ4n) is 2.76. The Labute approximate surface area is 156 Å². The highest BCUT2D eigenvalue weighted by Crippen LogP contribution is 2.19. The van der Waals surface area contributed by atoms with E-state index in [4.69, 9.17) is 4.74 Å². The average Bonchev–Trinajstić information content (AvgIpc) is 2.58. The van der Waals surface area contributed by atoms with Gasteiger partial charge >= 0.3 is 11.7 Å². The van der Waals surface area contributed by atoms with Crippen LogP contribution in [0.1, 0.15) is 59.4 Å². The predicted octanol–water partition coefficient (Wildman–Crippen LogP) is 2.30. The van der Waals surface area contributed by atoms with Gasteiger partial charge in [0.15, 0.2) is 0 Å². The topological polar surface area (TPSA) is 109 Å². The fourth-order valence-corrected chi connectivity index (χ4v) is 2.76. The molecule has 1 aromatic carbocycles. The van der Waals surface area contributed by atoms with Gasteiger partial charge in [-0.1, -0.05) is 32.0 Å². The quantitative estimate of drug-likeness (QED) is 0.461. The number of carbonyl (C=O) groups is 2. The zero-order valence-electron chi connectivity index (χ0n) is 15.7. The number of hydrogen-bond donors (Lipinski definition) is 2. The smallest absolute Gasteiger partial charge is 0.330 e. The van der Waals surface area contributed by atoms with Crippen molar-refractivity contribution < 1.29 is 14.3 Å². The maximum atomic E-state index is 12.9. The van der Waals surface area contributed by atoms with Crippen LogP contribution in [0.25, 0.3) is 6.08 Å². The van der Waals surface area contributed by atoms with Crippen molar-refractivity contribution in [1.29, 1.82) is 0 Å². The first-order valence-electron chi connectivity index (χ1n) is 8.61. The molecule has 7 nitrogen and oxygen atoms in total. The number of aryl methyl sites for hydroxylation is 1. The molecule has 1 heterocycles. The Bertz CT molecular complexity index is 1010. The monoisotopic (exact) mass is 370 g/mol. The summed E-state index contributed by atoms with van der Waals surface area (Å²) >= 11 is 0. The number of aromatic nitrogens is 2. The normalized spacial score (nSPS) is 11.1. The highest BCUT2D eigenvalue weighted by atomic mass is 16.5. The number of aromatic amines is 2. The number of esters is 1. The Morgan fingerprint density at radius 2 is 1.89 bits per heavy atom. The Morgan fingerprint density at radius 1 is 1.19 bits per heavy atom. The zero-order valence-corrected chi connectivity index (χ0v) is 15.7. The minimum atomic E-state index is -0.723. The molecule has 1 aromatic heterocycles. The molecule has 0 spiro atoms. The van der Waals surface area contributed by atoms with Gasteiger partial charge in [-0.25, -0.2) is 9.59 Å². The van der Waals surface area contributed by atoms with Crippen molar-refractivity contribution in [3.8, 4) is 0 Å². The molecule has 0 bridgehead atoms. The highest BCUT2D eigenvalue weighted by Gasteiger charge is 2.21. The van der Waals surface area contributed by atoms with Crippen molar-refractivity contribution >= 4 is 17.8 Å². The Kier molecular flexibility index (Phi) is 6.28. The summed E-state index contributed by atoms with van der Waals surface area (Å²) in [5, 5.41) is 0. The van der Waals surface area contributed by atoms with Gasteiger partial charge in [0.25, 0.3) is 5.56 Å². The third-order valence-corrected chi connectivity index (χ3v) is 3.98. The summed E-state index contributed by atoms with van der Waals surface area (Å²) < 4.78 is 4.83. The fraction of sp³-hybridized carbons (Fsp3) is 0.300. The molecule has 0 fully saturated rings. The molecule has 2 aromatic rings. The van der Waals surface area contributed by atoms with Crippen molar-refractivity contribution in [2.45, 2.75) is 33.6 Å². The van der Waals surface area contributed by atoms with Gasteiger partial charge in [-0.2, -0.15) is 0 Å². The summed E-state index contributed by atoms with van der Waals surface area (Å²) in [4.78, 5) is 52.7. The van der Waals surface area contributed by atoms with E-state index in [2.05, 4.69) is 9.97 Å². The molecule has 0 atom stereocenters. The molecular weight excluding hydrogens is 348 g/mol. The van der Waals surface area contributed by atoms with Gasteiger partial charge in [-0.05, 0) is 37.0 Å². The van der Waals surface area contributed by atoms with E-state index in [1.807, 2.05) is 0 Å². The number of carbonyl (C=O) groups excluding carboxylic acids is 2. The lowest BCUT2D eigenvalue weighted by Crippen LogP contribution is -2.31. The van der Waals surface area contributed by atoms with E-state index >= 15 is 0 Å². The van der Waals surface area contributed by atoms with Crippen molar-refractivity contribution in [3.63, 3.8) is 0 Å². The van der Waals surface area contributed by atoms with E-state index in [0.717, 1.165) is 5.56 Å². The minimum Gasteiger partial charge on any atom is -0.463 e. The number of nitrogens with one attached hydrogen (secondary N) is 2. The minimum absolute atomic E-state index is 0.00309. The third kappa shape index (κ3) is 4.69. The maximum absolute atomic E-state index is 12.9. The largest absolute Gasteiger partial charge is 0.463 e. The second-order valence-corrected chi connectivity index (χ2v) is 6.34. The molecule has 27 heavy (non-hydrogen) atoms. The van der Waals surface area contributed by atoms with Gasteiger partial charge in [-0.3, -0.25) is 14.6 Å². The van der Waals surface area contributed by atoms with Crippen LogP contribution in [0.2, 0.25) is 0 Å². The lowest BCUT2D eigenvalue weighted by Gasteiger charge is -2.12. The first-order valence-corrected chi connectivity index (χ1v) is 8.61. The van der Waals surface area contributed by atoms with Crippen LogP contribution in [0.3, 0.4) is 0 Å². The summed E-state index contributed by atoms with van der Waals surface area (Å²) in [6, 6.07) is 5.02. The van der Waals surface area contributed by atoms with Crippen molar-refractivity contribution in [3.05, 3.63) is 73.1 Å². The Morgan fingerprint density at radius 3 is 2.48 bits per heavy atom. The summed E-state index contributed by atoms with van der Waals surface area (Å²) in [5.74, 6) is -1.12. The average molecular weight is 370 g/mol. The molecule has 0 unspecified atom stereocenters. The maximum Gasteiger partial charge on any atom is 0.330 e. The van der Waals surface area contributed by atoms with E-state index in [9.17, 15) is 19.2 Å². The van der Waals surface area contributed by atoms with E-state index < -0.39 is 23.0 Å². The summed E-state index contributed by atoms with van der Waals surface area (Å²) in [6.07, 6.45) is 2.90. The second kappa shape index (κ2) is 8.44. The molecule has 142 valence electrons. The first-order chi connectivity index (χ1) is 12.7. The molecule has 0 saturated heterocycles. The predicted molar refractivity (Wildman–Crippen MR) is 102 cm³/mol. The van der Waals surface area contributed by atoms with Crippen LogP contribution in [0.15, 0.2) is 33.9 Å². The van der Waals surface area contributed by atoms with E-state index in [0.29, 0.717) is 17.7 Å². The molecule has 0 aliphatic carbocycles. The van der Waals surface area contributed by atoms with E-state index in [1.54, 1.807) is 52.0 Å². The van der Waals surface area contributed by atoms with Crippen LogP contribution in [0, 0.1) is 6.92 Å². The number of hydrogen-bond acceptors (Lipinski definition) is 5. The number of ether oxygens (including phenoxy) is 1. The summed E-state index contributed by atoms with van der Waals surface area (Å²) in [5.41, 5.74) is 0.693. The summed E-state index contributed by atoms with van der Waals surface area (Å²) in [6.45, 7) is 7.31. The molecule has 0 amide bonds. The van der Waals surface area contributed by atoms with Gasteiger partial charge in [0.05, 0.1) is 12.3 Å². The number of H-pyrrole nitrogens is 2. The van der Waals surface area contributed by atoms with Gasteiger partial charge in [0.2, 0.25) is 5.78 Å². The van der Waals surface area contributed by atoms with Crippen molar-refractivity contribution in [2.24, 2.45) is 0 Å². The molecule has 2 N–H and O–H groups in total. The molecule has 0 aliphatic rings. The number of benzene rings is 1. The van der Waals surface area contributed by atoms with Crippen LogP contribution >= 0.6 is 0 Å². The standard InChI is InChI=1S/C20H22N2O5/c1-5-27-15(23)9-7-13-6-8-14(12(4)10-13)18(24)17-16(11(2)3)19(25)22-20(26)21-17/h6-11H,5H2,1-4H3,(H2,21,22,25,26)/b9-7+. The third-order valence-electron chi connectivity index (χ3n) is 3.98. The number of ketones is 1. The van der Waals surface area contributed by atoms with Crippen LogP contribution < -0.4 is 11.2 Å². The van der Waals surface area contributed by atoms with Gasteiger partial charge in [0.1, 0.15) is 0 Å². The molecular formula is C20H22N2O5. The SMILES string of the molecule is CCOC(=O)/C=C/c1ccc(C(=O)c2[nH]c(=O)[nH]c(=O)c2C(C)C)c(C)c1. The first kappa shape index (κ1) is 20.1. The Balaban J connectivity index is 2.43. The van der Waals surface area contributed by atoms with Gasteiger partial charge in [-0.15, -0.1) is 0 Å². The summed E-state index contributed by atoms with van der Waals surface area (Å²) in [7, 11) is 0.